The molecule has 2 bridgehead atoms. The summed E-state index contributed by atoms with van der Waals surface area (Å²) in [5.74, 6) is -0.194. The summed E-state index contributed by atoms with van der Waals surface area (Å²) < 4.78 is 16.9. The number of amides is 1. The molecule has 3 aromatic rings. The topological polar surface area (TPSA) is 102 Å². The van der Waals surface area contributed by atoms with Gasteiger partial charge in [-0.25, -0.2) is 14.4 Å². The van der Waals surface area contributed by atoms with Crippen LogP contribution in [0.1, 0.15) is 23.6 Å². The fourth-order valence-corrected chi connectivity index (χ4v) is 6.06. The monoisotopic (exact) mass is 582 g/mol. The second kappa shape index (κ2) is 13.5. The van der Waals surface area contributed by atoms with Crippen LogP contribution in [0.25, 0.3) is 0 Å². The summed E-state index contributed by atoms with van der Waals surface area (Å²) in [5, 5.41) is 0. The number of hydrogen-bond acceptors (Lipinski definition) is 8. The first-order valence-electron chi connectivity index (χ1n) is 14.3. The van der Waals surface area contributed by atoms with Crippen LogP contribution in [0.15, 0.2) is 96.6 Å². The molecule has 43 heavy (non-hydrogen) atoms. The third-order valence-electron chi connectivity index (χ3n) is 7.92. The highest BCUT2D eigenvalue weighted by Crippen LogP contribution is 2.48. The molecule has 222 valence electrons. The average Bonchev–Trinajstić information content (AvgIpc) is 3.03. The minimum Gasteiger partial charge on any atom is -0.465 e. The van der Waals surface area contributed by atoms with E-state index in [1.54, 1.807) is 19.1 Å². The Hall–Kier alpha value is -4.72. The molecular formula is C34H34N2O7. The van der Waals surface area contributed by atoms with Crippen LogP contribution in [0.3, 0.4) is 0 Å². The summed E-state index contributed by atoms with van der Waals surface area (Å²) in [6, 6.07) is 26.4. The van der Waals surface area contributed by atoms with Crippen LogP contribution < -0.4 is 0 Å². The molecule has 1 amide bonds. The molecule has 0 aromatic heterocycles. The van der Waals surface area contributed by atoms with Gasteiger partial charge in [0.2, 0.25) is 0 Å². The molecule has 0 spiro atoms. The summed E-state index contributed by atoms with van der Waals surface area (Å²) in [6.45, 7) is 2.31. The molecule has 0 saturated carbocycles. The molecule has 0 radical (unpaired) electrons. The Kier molecular flexibility index (Phi) is 9.35. The maximum absolute atomic E-state index is 14.1. The largest absolute Gasteiger partial charge is 0.465 e. The van der Waals surface area contributed by atoms with Gasteiger partial charge < -0.3 is 14.2 Å². The molecule has 5 rings (SSSR count). The Balaban J connectivity index is 1.53. The molecule has 3 unspecified atom stereocenters. The van der Waals surface area contributed by atoms with Crippen molar-refractivity contribution in [2.45, 2.75) is 32.7 Å². The Morgan fingerprint density at radius 3 is 1.91 bits per heavy atom. The number of likely N-dealkylation sites (tertiary alicyclic amines) is 2. The van der Waals surface area contributed by atoms with E-state index in [4.69, 9.17) is 14.2 Å². The zero-order chi connectivity index (χ0) is 30.2. The maximum atomic E-state index is 14.1. The summed E-state index contributed by atoms with van der Waals surface area (Å²) in [6.07, 6.45) is -0.786. The van der Waals surface area contributed by atoms with Gasteiger partial charge in [-0.3, -0.25) is 14.6 Å². The van der Waals surface area contributed by atoms with E-state index < -0.39 is 35.4 Å². The number of piperidine rings is 2. The number of carbonyl (C=O) groups is 3. The fraction of sp³-hybridized carbons (Fsp3) is 0.324. The lowest BCUT2D eigenvalue weighted by Crippen LogP contribution is -2.71. The van der Waals surface area contributed by atoms with Crippen molar-refractivity contribution in [3.8, 4) is 0 Å². The Morgan fingerprint density at radius 2 is 1.35 bits per heavy atom. The third kappa shape index (κ3) is 6.38. The quantitative estimate of drug-likeness (QED) is 0.210. The van der Waals surface area contributed by atoms with E-state index in [0.29, 0.717) is 13.1 Å². The number of rotatable bonds is 9. The van der Waals surface area contributed by atoms with E-state index in [9.17, 15) is 19.2 Å². The Labute approximate surface area is 250 Å². The minimum atomic E-state index is -1.84. The van der Waals surface area contributed by atoms with Crippen LogP contribution in [0, 0.1) is 11.3 Å². The van der Waals surface area contributed by atoms with Gasteiger partial charge in [0.25, 0.3) is 0 Å². The molecule has 2 saturated heterocycles. The van der Waals surface area contributed by atoms with Crippen molar-refractivity contribution >= 4 is 24.0 Å². The highest BCUT2D eigenvalue weighted by atomic mass is 16.6. The van der Waals surface area contributed by atoms with Crippen molar-refractivity contribution in [1.82, 2.24) is 9.80 Å². The number of esters is 2. The molecule has 3 atom stereocenters. The van der Waals surface area contributed by atoms with Crippen molar-refractivity contribution in [2.24, 2.45) is 11.3 Å². The zero-order valence-corrected chi connectivity index (χ0v) is 24.0. The van der Waals surface area contributed by atoms with Crippen LogP contribution >= 0.6 is 0 Å². The van der Waals surface area contributed by atoms with Crippen LogP contribution in [0.4, 0.5) is 4.79 Å². The molecule has 2 aliphatic rings. The van der Waals surface area contributed by atoms with Crippen LogP contribution in [0.5, 0.6) is 0 Å². The van der Waals surface area contributed by atoms with E-state index in [-0.39, 0.29) is 38.5 Å². The molecule has 2 heterocycles. The first-order chi connectivity index (χ1) is 21.0. The number of ether oxygens (including phenoxy) is 3. The summed E-state index contributed by atoms with van der Waals surface area (Å²) in [4.78, 5) is 57.6. The highest BCUT2D eigenvalue weighted by molar-refractivity contribution is 5.96. The number of nitrogens with zero attached hydrogens (tertiary/aromatic N) is 2. The lowest BCUT2D eigenvalue weighted by atomic mass is 9.63. The molecule has 2 fully saturated rings. The number of carbonyl (C=O) groups excluding carboxylic acids is 4. The zero-order valence-electron chi connectivity index (χ0n) is 24.0. The Morgan fingerprint density at radius 1 is 0.791 bits per heavy atom. The lowest BCUT2D eigenvalue weighted by molar-refractivity contribution is -0.177. The van der Waals surface area contributed by atoms with Crippen molar-refractivity contribution in [1.29, 1.82) is 0 Å². The van der Waals surface area contributed by atoms with E-state index in [2.05, 4.69) is 0 Å². The minimum absolute atomic E-state index is 0.0142. The normalized spacial score (nSPS) is 21.4. The first kappa shape index (κ1) is 29.8. The van der Waals surface area contributed by atoms with Crippen molar-refractivity contribution < 1.29 is 33.4 Å². The highest BCUT2D eigenvalue weighted by Gasteiger charge is 2.65. The van der Waals surface area contributed by atoms with E-state index in [1.165, 1.54) is 4.90 Å². The van der Waals surface area contributed by atoms with Gasteiger partial charge in [0.1, 0.15) is 24.6 Å². The second-order valence-electron chi connectivity index (χ2n) is 10.7. The van der Waals surface area contributed by atoms with Crippen molar-refractivity contribution in [2.75, 3.05) is 26.2 Å². The van der Waals surface area contributed by atoms with Crippen LogP contribution in [-0.2, 0) is 48.4 Å². The molecule has 3 aromatic carbocycles. The van der Waals surface area contributed by atoms with E-state index >= 15 is 0 Å². The van der Waals surface area contributed by atoms with Crippen LogP contribution in [-0.4, -0.2) is 66.1 Å². The summed E-state index contributed by atoms with van der Waals surface area (Å²) in [5.41, 5.74) is 0.768. The summed E-state index contributed by atoms with van der Waals surface area (Å²) >= 11 is 0. The van der Waals surface area contributed by atoms with Gasteiger partial charge in [-0.2, -0.15) is 0 Å². The van der Waals surface area contributed by atoms with Crippen molar-refractivity contribution in [3.05, 3.63) is 113 Å². The molecule has 0 aliphatic carbocycles. The molecule has 9 heteroatoms. The van der Waals surface area contributed by atoms with Gasteiger partial charge in [-0.05, 0) is 23.6 Å². The summed E-state index contributed by atoms with van der Waals surface area (Å²) in [7, 11) is 0. The SMILES string of the molecule is CCOC(=O)C12CN(Cc3ccccc3)CC(CN(C(=O)OCc3ccccc3)C1C(=O)OCc1ccccc1)C2=C=O. The number of fused-ring (bicyclic) bond motifs is 2. The van der Waals surface area contributed by atoms with Gasteiger partial charge in [-0.15, -0.1) is 0 Å². The van der Waals surface area contributed by atoms with E-state index in [1.807, 2.05) is 89.7 Å². The number of hydrogen-bond donors (Lipinski definition) is 0. The number of benzene rings is 3. The average molecular weight is 583 g/mol. The van der Waals surface area contributed by atoms with Gasteiger partial charge in [0.05, 0.1) is 6.61 Å². The molecule has 9 nitrogen and oxygen atoms in total. The van der Waals surface area contributed by atoms with Crippen molar-refractivity contribution in [3.63, 3.8) is 0 Å². The second-order valence-corrected chi connectivity index (χ2v) is 10.7. The standard InChI is InChI=1S/C34H34N2O7/c1-2-41-32(39)34-24-35(18-25-12-6-3-7-13-25)19-28(29(34)21-37)20-36(33(40)43-23-27-16-10-5-11-17-27)30(34)31(38)42-22-26-14-8-4-9-15-26/h3-17,28,30H,2,18-20,22-24H2,1H3. The molecule has 2 aliphatic heterocycles. The predicted octanol–water partition coefficient (Wildman–Crippen LogP) is 4.19. The fourth-order valence-electron chi connectivity index (χ4n) is 6.06. The van der Waals surface area contributed by atoms with Gasteiger partial charge in [0, 0.05) is 37.7 Å². The van der Waals surface area contributed by atoms with Gasteiger partial charge >= 0.3 is 18.0 Å². The maximum Gasteiger partial charge on any atom is 0.410 e. The molecular weight excluding hydrogens is 548 g/mol. The van der Waals surface area contributed by atoms with Gasteiger partial charge in [0.15, 0.2) is 6.04 Å². The Bertz CT molecular complexity index is 1470. The third-order valence-corrected chi connectivity index (χ3v) is 7.92. The molecule has 0 N–H and O–H groups in total. The van der Waals surface area contributed by atoms with Crippen LogP contribution in [0.2, 0.25) is 0 Å². The predicted molar refractivity (Wildman–Crippen MR) is 157 cm³/mol. The van der Waals surface area contributed by atoms with Gasteiger partial charge in [-0.1, -0.05) is 91.0 Å². The van der Waals surface area contributed by atoms with E-state index in [0.717, 1.165) is 16.7 Å². The first-order valence-corrected chi connectivity index (χ1v) is 14.3. The lowest BCUT2D eigenvalue weighted by Gasteiger charge is -2.54. The smallest absolute Gasteiger partial charge is 0.410 e.